The van der Waals surface area contributed by atoms with E-state index < -0.39 is 0 Å². The molecule has 1 aromatic heterocycles. The van der Waals surface area contributed by atoms with Gasteiger partial charge in [0.2, 0.25) is 0 Å². The molecule has 0 fully saturated rings. The smallest absolute Gasteiger partial charge is 0.192 e. The van der Waals surface area contributed by atoms with Gasteiger partial charge in [-0.3, -0.25) is 14.3 Å². The molecule has 0 aliphatic rings. The number of carbonyl (C=O) groups excluding carboxylic acids is 2. The predicted molar refractivity (Wildman–Crippen MR) is 70.2 cm³/mol. The van der Waals surface area contributed by atoms with E-state index in [-0.39, 0.29) is 23.7 Å². The van der Waals surface area contributed by atoms with Gasteiger partial charge in [0.1, 0.15) is 5.69 Å². The summed E-state index contributed by atoms with van der Waals surface area (Å²) in [6, 6.07) is 5.56. The molecule has 19 heavy (non-hydrogen) atoms. The molecule has 0 unspecified atom stereocenters. The van der Waals surface area contributed by atoms with Gasteiger partial charge in [-0.25, -0.2) is 0 Å². The lowest BCUT2D eigenvalue weighted by atomic mass is 9.99. The van der Waals surface area contributed by atoms with Gasteiger partial charge in [-0.05, 0) is 19.4 Å². The molecule has 2 rings (SSSR count). The van der Waals surface area contributed by atoms with Crippen molar-refractivity contribution in [3.8, 4) is 0 Å². The fourth-order valence-electron chi connectivity index (χ4n) is 1.93. The maximum absolute atomic E-state index is 12.1. The molecule has 0 N–H and O–H groups in total. The van der Waals surface area contributed by atoms with Crippen LogP contribution < -0.4 is 0 Å². The van der Waals surface area contributed by atoms with Gasteiger partial charge in [0, 0.05) is 12.6 Å². The molecule has 0 radical (unpaired) electrons. The van der Waals surface area contributed by atoms with E-state index in [0.29, 0.717) is 5.56 Å². The third kappa shape index (κ3) is 2.93. The van der Waals surface area contributed by atoms with Crippen molar-refractivity contribution < 1.29 is 9.59 Å². The lowest BCUT2D eigenvalue weighted by Crippen LogP contribution is -2.10. The van der Waals surface area contributed by atoms with E-state index in [1.807, 2.05) is 26.0 Å². The summed E-state index contributed by atoms with van der Waals surface area (Å²) < 4.78 is 1.44. The van der Waals surface area contributed by atoms with Crippen LogP contribution in [0.5, 0.6) is 0 Å². The number of Topliss-reactive ketones (excluding diaryl/α,β-unsaturated/α-hetero) is 2. The van der Waals surface area contributed by atoms with Crippen LogP contribution in [0.2, 0.25) is 0 Å². The van der Waals surface area contributed by atoms with Gasteiger partial charge in [-0.2, -0.15) is 0 Å². The molecule has 98 valence electrons. The Morgan fingerprint density at radius 1 is 1.21 bits per heavy atom. The number of hydrogen-bond donors (Lipinski definition) is 0. The molecule has 0 saturated carbocycles. The first kappa shape index (κ1) is 13.1. The summed E-state index contributed by atoms with van der Waals surface area (Å²) in [4.78, 5) is 24.0. The molecular formula is C14H15N3O2. The van der Waals surface area contributed by atoms with Crippen LogP contribution in [0.1, 0.15) is 38.4 Å². The Labute approximate surface area is 111 Å². The average molecular weight is 257 g/mol. The van der Waals surface area contributed by atoms with Crippen molar-refractivity contribution in [1.82, 2.24) is 15.0 Å². The zero-order chi connectivity index (χ0) is 14.0. The van der Waals surface area contributed by atoms with Crippen LogP contribution in [0.4, 0.5) is 0 Å². The van der Waals surface area contributed by atoms with E-state index in [1.54, 1.807) is 13.1 Å². The Morgan fingerprint density at radius 3 is 2.53 bits per heavy atom. The topological polar surface area (TPSA) is 64.8 Å². The molecule has 0 spiro atoms. The van der Waals surface area contributed by atoms with Crippen LogP contribution in [0.15, 0.2) is 24.4 Å². The molecule has 0 bridgehead atoms. The van der Waals surface area contributed by atoms with Crippen molar-refractivity contribution in [2.75, 3.05) is 0 Å². The second-order valence-corrected chi connectivity index (χ2v) is 4.62. The summed E-state index contributed by atoms with van der Waals surface area (Å²) in [6.07, 6.45) is 1.33. The van der Waals surface area contributed by atoms with Gasteiger partial charge in [0.05, 0.1) is 12.6 Å². The summed E-state index contributed by atoms with van der Waals surface area (Å²) in [5.41, 5.74) is 2.79. The van der Waals surface area contributed by atoms with Crippen molar-refractivity contribution in [3.05, 3.63) is 46.8 Å². The molecule has 0 aliphatic heterocycles. The fraction of sp³-hybridized carbons (Fsp3) is 0.286. The first-order valence-corrected chi connectivity index (χ1v) is 5.97. The van der Waals surface area contributed by atoms with E-state index in [1.165, 1.54) is 10.9 Å². The summed E-state index contributed by atoms with van der Waals surface area (Å²) in [6.45, 7) is 3.83. The van der Waals surface area contributed by atoms with Crippen molar-refractivity contribution in [2.24, 2.45) is 7.05 Å². The number of nitrogens with zero attached hydrogens (tertiary/aromatic N) is 3. The maximum Gasteiger partial charge on any atom is 0.192 e. The quantitative estimate of drug-likeness (QED) is 0.619. The number of aromatic nitrogens is 3. The Hall–Kier alpha value is -2.30. The Morgan fingerprint density at radius 2 is 1.95 bits per heavy atom. The minimum Gasteiger partial charge on any atom is -0.294 e. The molecule has 0 aliphatic carbocycles. The maximum atomic E-state index is 12.1. The molecule has 0 atom stereocenters. The van der Waals surface area contributed by atoms with Crippen molar-refractivity contribution in [2.45, 2.75) is 20.3 Å². The van der Waals surface area contributed by atoms with Gasteiger partial charge in [0.15, 0.2) is 11.6 Å². The molecule has 0 saturated heterocycles. The summed E-state index contributed by atoms with van der Waals surface area (Å²) in [5, 5.41) is 7.39. The predicted octanol–water partition coefficient (Wildman–Crippen LogP) is 1.89. The third-order valence-corrected chi connectivity index (χ3v) is 2.89. The second-order valence-electron chi connectivity index (χ2n) is 4.62. The summed E-state index contributed by atoms with van der Waals surface area (Å²) in [7, 11) is 1.68. The lowest BCUT2D eigenvalue weighted by Gasteiger charge is -2.04. The van der Waals surface area contributed by atoms with Crippen molar-refractivity contribution >= 4 is 11.6 Å². The van der Waals surface area contributed by atoms with Gasteiger partial charge >= 0.3 is 0 Å². The SMILES string of the molecule is Cc1ccc(C(=O)CC(=O)c2cn(C)nn2)c(C)c1. The number of aryl methyl sites for hydroxylation is 3. The zero-order valence-electron chi connectivity index (χ0n) is 11.2. The lowest BCUT2D eigenvalue weighted by molar-refractivity contribution is 0.0891. The highest BCUT2D eigenvalue weighted by Gasteiger charge is 2.17. The minimum absolute atomic E-state index is 0.178. The number of ketones is 2. The van der Waals surface area contributed by atoms with E-state index >= 15 is 0 Å². The fourth-order valence-corrected chi connectivity index (χ4v) is 1.93. The van der Waals surface area contributed by atoms with Crippen LogP contribution >= 0.6 is 0 Å². The van der Waals surface area contributed by atoms with Crippen LogP contribution in [-0.2, 0) is 7.05 Å². The molecule has 2 aromatic rings. The molecule has 0 amide bonds. The van der Waals surface area contributed by atoms with E-state index in [9.17, 15) is 9.59 Å². The number of benzene rings is 1. The molecule has 5 nitrogen and oxygen atoms in total. The summed E-state index contributed by atoms with van der Waals surface area (Å²) >= 11 is 0. The molecular weight excluding hydrogens is 242 g/mol. The first-order valence-electron chi connectivity index (χ1n) is 5.97. The Bertz CT molecular complexity index is 644. The second kappa shape index (κ2) is 5.14. The minimum atomic E-state index is -0.307. The van der Waals surface area contributed by atoms with E-state index in [0.717, 1.165) is 11.1 Å². The zero-order valence-corrected chi connectivity index (χ0v) is 11.2. The van der Waals surface area contributed by atoms with Gasteiger partial charge in [0.25, 0.3) is 0 Å². The van der Waals surface area contributed by atoms with Crippen LogP contribution in [0.25, 0.3) is 0 Å². The Kier molecular flexibility index (Phi) is 3.55. The molecule has 1 heterocycles. The molecule has 1 aromatic carbocycles. The number of carbonyl (C=O) groups is 2. The monoisotopic (exact) mass is 257 g/mol. The standard InChI is InChI=1S/C14H15N3O2/c1-9-4-5-11(10(2)6-9)13(18)7-14(19)12-8-17(3)16-15-12/h4-6,8H,7H2,1-3H3. The Balaban J connectivity index is 2.15. The average Bonchev–Trinajstić information content (AvgIpc) is 2.75. The van der Waals surface area contributed by atoms with Crippen LogP contribution in [0, 0.1) is 13.8 Å². The van der Waals surface area contributed by atoms with Gasteiger partial charge < -0.3 is 0 Å². The largest absolute Gasteiger partial charge is 0.294 e. The number of hydrogen-bond acceptors (Lipinski definition) is 4. The van der Waals surface area contributed by atoms with Crippen molar-refractivity contribution in [1.29, 1.82) is 0 Å². The van der Waals surface area contributed by atoms with Crippen LogP contribution in [-0.4, -0.2) is 26.6 Å². The van der Waals surface area contributed by atoms with E-state index in [2.05, 4.69) is 10.3 Å². The van der Waals surface area contributed by atoms with Gasteiger partial charge in [-0.1, -0.05) is 29.0 Å². The van der Waals surface area contributed by atoms with Crippen LogP contribution in [0.3, 0.4) is 0 Å². The summed E-state index contributed by atoms with van der Waals surface area (Å²) in [5.74, 6) is -0.494. The number of rotatable bonds is 4. The molecule has 5 heteroatoms. The van der Waals surface area contributed by atoms with E-state index in [4.69, 9.17) is 0 Å². The highest BCUT2D eigenvalue weighted by Crippen LogP contribution is 2.14. The third-order valence-electron chi connectivity index (χ3n) is 2.89. The van der Waals surface area contributed by atoms with Crippen molar-refractivity contribution in [3.63, 3.8) is 0 Å². The normalized spacial score (nSPS) is 10.5. The van der Waals surface area contributed by atoms with Gasteiger partial charge in [-0.15, -0.1) is 5.10 Å². The first-order chi connectivity index (χ1) is 8.97. The highest BCUT2D eigenvalue weighted by molar-refractivity contribution is 6.13. The highest BCUT2D eigenvalue weighted by atomic mass is 16.1.